The molecule has 0 saturated carbocycles. The Morgan fingerprint density at radius 3 is 2.81 bits per heavy atom. The van der Waals surface area contributed by atoms with Crippen LogP contribution in [0.15, 0.2) is 30.4 Å². The topological polar surface area (TPSA) is 69.4 Å². The molecule has 31 heavy (non-hydrogen) atoms. The van der Waals surface area contributed by atoms with Crippen LogP contribution >= 0.6 is 0 Å². The minimum absolute atomic E-state index is 0.684. The second-order valence-corrected chi connectivity index (χ2v) is 8.74. The zero-order chi connectivity index (χ0) is 21.2. The lowest BCUT2D eigenvalue weighted by atomic mass is 9.97. The molecule has 5 rings (SSSR count). The van der Waals surface area contributed by atoms with Gasteiger partial charge < -0.3 is 19.7 Å². The molecule has 0 unspecified atom stereocenters. The Morgan fingerprint density at radius 1 is 1.19 bits per heavy atom. The lowest BCUT2D eigenvalue weighted by Crippen LogP contribution is -2.31. The van der Waals surface area contributed by atoms with Crippen molar-refractivity contribution in [2.24, 2.45) is 5.92 Å². The van der Waals surface area contributed by atoms with Crippen molar-refractivity contribution in [3.05, 3.63) is 41.7 Å². The van der Waals surface area contributed by atoms with Gasteiger partial charge in [0.05, 0.1) is 50.2 Å². The van der Waals surface area contributed by atoms with Gasteiger partial charge in [-0.3, -0.25) is 4.68 Å². The SMILES string of the molecule is COC1=CC=C(n2nc(-c3cnn(CC4CCN(C)CC4)c3)c3c2CCOCC3)CN1. The molecule has 0 aromatic carbocycles. The molecule has 0 spiro atoms. The van der Waals surface area contributed by atoms with E-state index in [1.54, 1.807) is 7.11 Å². The van der Waals surface area contributed by atoms with E-state index in [0.717, 1.165) is 55.4 Å². The highest BCUT2D eigenvalue weighted by Gasteiger charge is 2.24. The molecule has 5 heterocycles. The van der Waals surface area contributed by atoms with Gasteiger partial charge in [0, 0.05) is 30.3 Å². The van der Waals surface area contributed by atoms with Gasteiger partial charge >= 0.3 is 0 Å². The summed E-state index contributed by atoms with van der Waals surface area (Å²) in [6, 6.07) is 0. The van der Waals surface area contributed by atoms with Crippen LogP contribution < -0.4 is 5.32 Å². The molecule has 0 aliphatic carbocycles. The number of dihydropyridines is 1. The number of nitrogens with one attached hydrogen (secondary N) is 1. The Morgan fingerprint density at radius 2 is 2.03 bits per heavy atom. The van der Waals surface area contributed by atoms with E-state index in [0.29, 0.717) is 12.5 Å². The van der Waals surface area contributed by atoms with Crippen LogP contribution in [0.2, 0.25) is 0 Å². The minimum Gasteiger partial charge on any atom is -0.483 e. The van der Waals surface area contributed by atoms with Crippen LogP contribution in [0.4, 0.5) is 0 Å². The fourth-order valence-corrected chi connectivity index (χ4v) is 4.77. The third kappa shape index (κ3) is 4.27. The second kappa shape index (κ2) is 8.88. The summed E-state index contributed by atoms with van der Waals surface area (Å²) in [6.07, 6.45) is 12.4. The first kappa shape index (κ1) is 20.3. The summed E-state index contributed by atoms with van der Waals surface area (Å²) in [5, 5.41) is 13.1. The molecule has 2 aromatic rings. The van der Waals surface area contributed by atoms with Gasteiger partial charge in [0.15, 0.2) is 5.88 Å². The van der Waals surface area contributed by atoms with E-state index >= 15 is 0 Å². The second-order valence-electron chi connectivity index (χ2n) is 8.74. The number of methoxy groups -OCH3 is 1. The molecular weight excluding hydrogens is 392 g/mol. The fourth-order valence-electron chi connectivity index (χ4n) is 4.77. The fraction of sp³-hybridized carbons (Fsp3) is 0.565. The number of aromatic nitrogens is 4. The molecule has 8 heteroatoms. The quantitative estimate of drug-likeness (QED) is 0.793. The third-order valence-electron chi connectivity index (χ3n) is 6.62. The van der Waals surface area contributed by atoms with E-state index in [9.17, 15) is 0 Å². The number of fused-ring (bicyclic) bond motifs is 1. The van der Waals surface area contributed by atoms with Crippen molar-refractivity contribution < 1.29 is 9.47 Å². The van der Waals surface area contributed by atoms with E-state index in [2.05, 4.69) is 38.9 Å². The van der Waals surface area contributed by atoms with Crippen molar-refractivity contribution in [1.82, 2.24) is 29.8 Å². The van der Waals surface area contributed by atoms with Gasteiger partial charge in [-0.15, -0.1) is 0 Å². The van der Waals surface area contributed by atoms with E-state index in [-0.39, 0.29) is 0 Å². The first-order valence-corrected chi connectivity index (χ1v) is 11.3. The Hall–Kier alpha value is -2.58. The van der Waals surface area contributed by atoms with Gasteiger partial charge in [-0.2, -0.15) is 10.2 Å². The standard InChI is InChI=1S/C23H32N6O2/c1-27-9-5-17(6-10-27)15-28-16-18(13-25-28)23-20-7-11-31-12-8-21(20)29(26-23)19-3-4-22(30-2)24-14-19/h3-4,13,16-17,24H,5-12,14-15H2,1-2H3. The van der Waals surface area contributed by atoms with Crippen LogP contribution in [-0.2, 0) is 28.9 Å². The summed E-state index contributed by atoms with van der Waals surface area (Å²) in [5.41, 5.74) is 5.79. The Kier molecular flexibility index (Phi) is 5.82. The highest BCUT2D eigenvalue weighted by atomic mass is 16.5. The van der Waals surface area contributed by atoms with Crippen LogP contribution in [0.5, 0.6) is 0 Å². The van der Waals surface area contributed by atoms with Crippen LogP contribution in [0.25, 0.3) is 17.0 Å². The number of rotatable bonds is 5. The summed E-state index contributed by atoms with van der Waals surface area (Å²) < 4.78 is 15.3. The largest absolute Gasteiger partial charge is 0.483 e. The van der Waals surface area contributed by atoms with Gasteiger partial charge in [0.1, 0.15) is 0 Å². The Balaban J connectivity index is 1.43. The third-order valence-corrected chi connectivity index (χ3v) is 6.62. The number of piperidine rings is 1. The van der Waals surface area contributed by atoms with Gasteiger partial charge in [-0.05, 0) is 57.5 Å². The average molecular weight is 425 g/mol. The zero-order valence-corrected chi connectivity index (χ0v) is 18.5. The maximum absolute atomic E-state index is 5.78. The summed E-state index contributed by atoms with van der Waals surface area (Å²) in [5.74, 6) is 1.48. The zero-order valence-electron chi connectivity index (χ0n) is 18.5. The summed E-state index contributed by atoms with van der Waals surface area (Å²) in [7, 11) is 3.88. The predicted molar refractivity (Wildman–Crippen MR) is 119 cm³/mol. The van der Waals surface area contributed by atoms with Crippen molar-refractivity contribution in [2.45, 2.75) is 32.2 Å². The molecule has 1 fully saturated rings. The molecule has 8 nitrogen and oxygen atoms in total. The number of likely N-dealkylation sites (tertiary alicyclic amines) is 1. The predicted octanol–water partition coefficient (Wildman–Crippen LogP) is 2.14. The highest BCUT2D eigenvalue weighted by molar-refractivity contribution is 5.66. The molecule has 2 aromatic heterocycles. The van der Waals surface area contributed by atoms with Gasteiger partial charge in [-0.1, -0.05) is 0 Å². The molecule has 3 aliphatic rings. The maximum atomic E-state index is 5.78. The number of hydrogen-bond acceptors (Lipinski definition) is 6. The molecule has 0 bridgehead atoms. The van der Waals surface area contributed by atoms with Crippen molar-refractivity contribution >= 4 is 5.70 Å². The smallest absolute Gasteiger partial charge is 0.186 e. The number of hydrogen-bond donors (Lipinski definition) is 1. The lowest BCUT2D eigenvalue weighted by molar-refractivity contribution is 0.145. The first-order chi connectivity index (χ1) is 15.2. The molecular formula is C23H32N6O2. The molecule has 0 radical (unpaired) electrons. The highest BCUT2D eigenvalue weighted by Crippen LogP contribution is 2.30. The van der Waals surface area contributed by atoms with Crippen LogP contribution in [0.3, 0.4) is 0 Å². The van der Waals surface area contributed by atoms with E-state index < -0.39 is 0 Å². The van der Waals surface area contributed by atoms with Crippen molar-refractivity contribution in [2.75, 3.05) is 47.0 Å². The maximum Gasteiger partial charge on any atom is 0.186 e. The first-order valence-electron chi connectivity index (χ1n) is 11.3. The van der Waals surface area contributed by atoms with Gasteiger partial charge in [0.25, 0.3) is 0 Å². The monoisotopic (exact) mass is 424 g/mol. The Bertz CT molecular complexity index is 980. The molecule has 1 saturated heterocycles. The number of ether oxygens (including phenoxy) is 2. The van der Waals surface area contributed by atoms with Crippen LogP contribution in [0.1, 0.15) is 24.1 Å². The van der Waals surface area contributed by atoms with E-state index in [1.165, 1.54) is 37.2 Å². The molecule has 0 amide bonds. The lowest BCUT2D eigenvalue weighted by Gasteiger charge is -2.28. The average Bonchev–Trinajstić information content (AvgIpc) is 3.32. The van der Waals surface area contributed by atoms with E-state index in [4.69, 9.17) is 19.7 Å². The number of nitrogens with zero attached hydrogens (tertiary/aromatic N) is 5. The Labute approximate surface area is 183 Å². The van der Waals surface area contributed by atoms with Crippen molar-refractivity contribution in [1.29, 1.82) is 0 Å². The van der Waals surface area contributed by atoms with Crippen LogP contribution in [-0.4, -0.2) is 71.5 Å². The normalized spacial score (nSPS) is 20.5. The minimum atomic E-state index is 0.684. The molecule has 1 N–H and O–H groups in total. The summed E-state index contributed by atoms with van der Waals surface area (Å²) in [6.45, 7) is 5.50. The van der Waals surface area contributed by atoms with Crippen molar-refractivity contribution in [3.63, 3.8) is 0 Å². The van der Waals surface area contributed by atoms with Crippen LogP contribution in [0, 0.1) is 5.92 Å². The summed E-state index contributed by atoms with van der Waals surface area (Å²) in [4.78, 5) is 2.41. The van der Waals surface area contributed by atoms with Crippen molar-refractivity contribution in [3.8, 4) is 11.3 Å². The number of allylic oxidation sites excluding steroid dienone is 2. The molecule has 3 aliphatic heterocycles. The summed E-state index contributed by atoms with van der Waals surface area (Å²) >= 11 is 0. The van der Waals surface area contributed by atoms with Gasteiger partial charge in [0.2, 0.25) is 0 Å². The van der Waals surface area contributed by atoms with Gasteiger partial charge in [-0.25, -0.2) is 4.68 Å². The molecule has 0 atom stereocenters. The molecule has 166 valence electrons. The van der Waals surface area contributed by atoms with E-state index in [1.807, 2.05) is 12.3 Å².